The minimum Gasteiger partial charge on any atom is -0.512 e. The molecule has 0 spiro atoms. The van der Waals surface area contributed by atoms with Crippen LogP contribution in [0, 0.1) is 0 Å². The number of aliphatic hydroxyl groups excluding tert-OH is 1. The minimum atomic E-state index is -0.722. The third-order valence-electron chi connectivity index (χ3n) is 4.34. The number of fused-ring (bicyclic) bond motifs is 1. The van der Waals surface area contributed by atoms with E-state index < -0.39 is 5.54 Å². The third kappa shape index (κ3) is 2.32. The maximum absolute atomic E-state index is 12.1. The fourth-order valence-corrected chi connectivity index (χ4v) is 3.97. The van der Waals surface area contributed by atoms with Gasteiger partial charge < -0.3 is 10.4 Å². The van der Waals surface area contributed by atoms with Crippen molar-refractivity contribution in [2.45, 2.75) is 12.0 Å². The number of thiophene rings is 1. The lowest BCUT2D eigenvalue weighted by atomic mass is 9.78. The number of hydrogen-bond donors (Lipinski definition) is 2. The molecule has 3 nitrogen and oxygen atoms in total. The average Bonchev–Trinajstić information content (AvgIpc) is 3.08. The number of carbonyl (C=O) groups is 1. The van der Waals surface area contributed by atoms with Crippen molar-refractivity contribution in [1.82, 2.24) is 5.32 Å². The molecule has 0 unspecified atom stereocenters. The fourth-order valence-electron chi connectivity index (χ4n) is 3.24. The Morgan fingerprint density at radius 3 is 2.61 bits per heavy atom. The first-order valence-electron chi connectivity index (χ1n) is 7.41. The molecular formula is C19H15NO2S. The molecule has 1 atom stereocenters. The van der Waals surface area contributed by atoms with E-state index in [9.17, 15) is 9.90 Å². The Morgan fingerprint density at radius 2 is 1.87 bits per heavy atom. The lowest BCUT2D eigenvalue weighted by molar-refractivity contribution is -0.119. The zero-order chi connectivity index (χ0) is 15.9. The Hall–Kier alpha value is -2.59. The van der Waals surface area contributed by atoms with E-state index in [4.69, 9.17) is 0 Å². The van der Waals surface area contributed by atoms with Crippen LogP contribution in [0.1, 0.15) is 17.5 Å². The van der Waals surface area contributed by atoms with Gasteiger partial charge in [0.25, 0.3) is 0 Å². The maximum Gasteiger partial charge on any atom is 0.248 e. The zero-order valence-corrected chi connectivity index (χ0v) is 13.1. The summed E-state index contributed by atoms with van der Waals surface area (Å²) < 4.78 is 0. The van der Waals surface area contributed by atoms with Gasteiger partial charge in [-0.05, 0) is 44.8 Å². The van der Waals surface area contributed by atoms with Crippen LogP contribution in [0.15, 0.2) is 71.1 Å². The Morgan fingerprint density at radius 1 is 1.04 bits per heavy atom. The Balaban J connectivity index is 1.94. The van der Waals surface area contributed by atoms with Crippen molar-refractivity contribution in [3.05, 3.63) is 82.3 Å². The van der Waals surface area contributed by atoms with Crippen molar-refractivity contribution in [2.24, 2.45) is 0 Å². The highest BCUT2D eigenvalue weighted by Gasteiger charge is 2.39. The second kappa shape index (κ2) is 5.25. The van der Waals surface area contributed by atoms with E-state index >= 15 is 0 Å². The number of carbonyl (C=O) groups excluding carboxylic acids is 1. The summed E-state index contributed by atoms with van der Waals surface area (Å²) in [5.74, 6) is -0.166. The van der Waals surface area contributed by atoms with Gasteiger partial charge in [-0.1, -0.05) is 36.4 Å². The fraction of sp³-hybridized carbons (Fsp3) is 0.105. The van der Waals surface area contributed by atoms with Gasteiger partial charge in [0, 0.05) is 12.5 Å². The molecule has 0 saturated heterocycles. The van der Waals surface area contributed by atoms with Gasteiger partial charge in [0.05, 0.1) is 5.54 Å². The summed E-state index contributed by atoms with van der Waals surface area (Å²) in [5.41, 5.74) is 1.24. The van der Waals surface area contributed by atoms with E-state index in [0.29, 0.717) is 6.42 Å². The Labute approximate surface area is 137 Å². The predicted molar refractivity (Wildman–Crippen MR) is 92.5 cm³/mol. The standard InChI is InChI=1S/C19H15NO2S/c21-17-10-18(22)20-19(11-17,16-7-8-23-12-16)15-6-5-13-3-1-2-4-14(13)9-15/h1-10,12,21H,11H2,(H,20,22)/t19-/m0/s1. The van der Waals surface area contributed by atoms with Crippen LogP contribution in [-0.4, -0.2) is 11.0 Å². The van der Waals surface area contributed by atoms with E-state index in [1.54, 1.807) is 11.3 Å². The number of rotatable bonds is 2. The molecule has 1 aliphatic heterocycles. The van der Waals surface area contributed by atoms with Crippen molar-refractivity contribution in [2.75, 3.05) is 0 Å². The molecule has 2 N–H and O–H groups in total. The van der Waals surface area contributed by atoms with Crippen LogP contribution < -0.4 is 5.32 Å². The molecule has 23 heavy (non-hydrogen) atoms. The van der Waals surface area contributed by atoms with Crippen molar-refractivity contribution in [3.63, 3.8) is 0 Å². The van der Waals surface area contributed by atoms with Crippen molar-refractivity contribution < 1.29 is 9.90 Å². The Kier molecular flexibility index (Phi) is 3.20. The molecule has 0 aliphatic carbocycles. The molecule has 114 valence electrons. The summed E-state index contributed by atoms with van der Waals surface area (Å²) in [6.45, 7) is 0. The molecule has 4 heteroatoms. The number of hydrogen-bond acceptors (Lipinski definition) is 3. The van der Waals surface area contributed by atoms with E-state index in [-0.39, 0.29) is 11.7 Å². The first-order valence-corrected chi connectivity index (χ1v) is 8.35. The molecule has 2 heterocycles. The highest BCUT2D eigenvalue weighted by atomic mass is 32.1. The van der Waals surface area contributed by atoms with Gasteiger partial charge in [-0.25, -0.2) is 0 Å². The topological polar surface area (TPSA) is 49.3 Å². The van der Waals surface area contributed by atoms with Crippen molar-refractivity contribution >= 4 is 28.0 Å². The zero-order valence-electron chi connectivity index (χ0n) is 12.3. The smallest absolute Gasteiger partial charge is 0.248 e. The lowest BCUT2D eigenvalue weighted by Crippen LogP contribution is -2.48. The number of nitrogens with one attached hydrogen (secondary N) is 1. The highest BCUT2D eigenvalue weighted by molar-refractivity contribution is 7.08. The molecule has 1 aliphatic rings. The van der Waals surface area contributed by atoms with Gasteiger partial charge >= 0.3 is 0 Å². The lowest BCUT2D eigenvalue weighted by Gasteiger charge is -2.37. The largest absolute Gasteiger partial charge is 0.512 e. The van der Waals surface area contributed by atoms with Crippen LogP contribution in [0.4, 0.5) is 0 Å². The number of benzene rings is 2. The van der Waals surface area contributed by atoms with Crippen molar-refractivity contribution in [3.8, 4) is 0 Å². The minimum absolute atomic E-state index is 0.105. The maximum atomic E-state index is 12.1. The first kappa shape index (κ1) is 14.0. The molecule has 1 amide bonds. The van der Waals surface area contributed by atoms with Crippen LogP contribution in [0.2, 0.25) is 0 Å². The van der Waals surface area contributed by atoms with Crippen LogP contribution in [0.5, 0.6) is 0 Å². The van der Waals surface area contributed by atoms with Gasteiger partial charge in [-0.2, -0.15) is 11.3 Å². The van der Waals surface area contributed by atoms with E-state index in [1.807, 2.05) is 35.0 Å². The summed E-state index contributed by atoms with van der Waals surface area (Å²) in [6.07, 6.45) is 1.61. The summed E-state index contributed by atoms with van der Waals surface area (Å²) in [7, 11) is 0. The quantitative estimate of drug-likeness (QED) is 0.746. The predicted octanol–water partition coefficient (Wildman–Crippen LogP) is 4.11. The molecule has 1 aromatic heterocycles. The summed E-state index contributed by atoms with van der Waals surface area (Å²) in [6, 6.07) is 16.3. The SMILES string of the molecule is O=C1C=C(O)C[C@@](c2ccsc2)(c2ccc3ccccc3c2)N1. The van der Waals surface area contributed by atoms with Gasteiger partial charge in [0.1, 0.15) is 5.76 Å². The van der Waals surface area contributed by atoms with Crippen LogP contribution in [0.3, 0.4) is 0 Å². The normalized spacial score (nSPS) is 21.0. The summed E-state index contributed by atoms with van der Waals surface area (Å²) in [4.78, 5) is 12.1. The van der Waals surface area contributed by atoms with Crippen LogP contribution in [-0.2, 0) is 10.3 Å². The first-order chi connectivity index (χ1) is 11.2. The van der Waals surface area contributed by atoms with Crippen LogP contribution >= 0.6 is 11.3 Å². The second-order valence-electron chi connectivity index (χ2n) is 5.78. The summed E-state index contributed by atoms with van der Waals surface area (Å²) >= 11 is 1.58. The second-order valence-corrected chi connectivity index (χ2v) is 6.56. The highest BCUT2D eigenvalue weighted by Crippen LogP contribution is 2.39. The number of amides is 1. The van der Waals surface area contributed by atoms with Crippen LogP contribution in [0.25, 0.3) is 10.8 Å². The van der Waals surface area contributed by atoms with Gasteiger partial charge in [0.15, 0.2) is 0 Å². The molecule has 2 aromatic carbocycles. The average molecular weight is 321 g/mol. The third-order valence-corrected chi connectivity index (χ3v) is 5.02. The van der Waals surface area contributed by atoms with Crippen molar-refractivity contribution in [1.29, 1.82) is 0 Å². The number of aliphatic hydroxyl groups is 1. The van der Waals surface area contributed by atoms with E-state index in [0.717, 1.165) is 21.9 Å². The molecular weight excluding hydrogens is 306 g/mol. The van der Waals surface area contributed by atoms with Gasteiger partial charge in [-0.3, -0.25) is 4.79 Å². The molecule has 4 rings (SSSR count). The molecule has 0 fully saturated rings. The van der Waals surface area contributed by atoms with E-state index in [2.05, 4.69) is 29.6 Å². The van der Waals surface area contributed by atoms with E-state index in [1.165, 1.54) is 6.08 Å². The molecule has 0 saturated carbocycles. The summed E-state index contributed by atoms with van der Waals surface area (Å²) in [5, 5.41) is 19.4. The van der Waals surface area contributed by atoms with Gasteiger partial charge in [-0.15, -0.1) is 0 Å². The Bertz CT molecular complexity index is 914. The monoisotopic (exact) mass is 321 g/mol. The molecule has 0 bridgehead atoms. The molecule has 0 radical (unpaired) electrons. The van der Waals surface area contributed by atoms with Gasteiger partial charge in [0.2, 0.25) is 5.91 Å². The molecule has 3 aromatic rings.